The number of hydrogen-bond acceptors (Lipinski definition) is 5. The fourth-order valence-electron chi connectivity index (χ4n) is 3.93. The maximum atomic E-state index is 12.8. The van der Waals surface area contributed by atoms with Crippen molar-refractivity contribution in [3.05, 3.63) is 71.3 Å². The van der Waals surface area contributed by atoms with Gasteiger partial charge in [-0.25, -0.2) is 10.6 Å². The fraction of sp³-hybridized carbons (Fsp3) is 0.391. The van der Waals surface area contributed by atoms with Crippen molar-refractivity contribution in [1.82, 2.24) is 10.3 Å². The molecule has 1 aliphatic rings. The highest BCUT2D eigenvalue weighted by Gasteiger charge is 2.45. The van der Waals surface area contributed by atoms with Gasteiger partial charge >= 0.3 is 6.09 Å². The molecule has 1 saturated heterocycles. The Bertz CT molecular complexity index is 878. The Morgan fingerprint density at radius 3 is 2.43 bits per heavy atom. The van der Waals surface area contributed by atoms with Crippen LogP contribution in [0.5, 0.6) is 0 Å². The van der Waals surface area contributed by atoms with Crippen molar-refractivity contribution in [2.24, 2.45) is 5.84 Å². The Balaban J connectivity index is 1.67. The minimum absolute atomic E-state index is 0.328. The number of nitrogens with two attached hydrogens (primary N) is 1. The zero-order chi connectivity index (χ0) is 21.8. The molecule has 0 radical (unpaired) electrons. The van der Waals surface area contributed by atoms with Gasteiger partial charge < -0.3 is 14.7 Å². The van der Waals surface area contributed by atoms with Crippen LogP contribution in [0.1, 0.15) is 48.2 Å². The molecule has 1 aliphatic heterocycles. The molecule has 160 valence electrons. The number of nitrogens with zero attached hydrogens (tertiary/aromatic N) is 1. The van der Waals surface area contributed by atoms with Gasteiger partial charge in [0.25, 0.3) is 5.91 Å². The average molecular weight is 412 g/mol. The van der Waals surface area contributed by atoms with Crippen molar-refractivity contribution in [3.63, 3.8) is 0 Å². The Kier molecular flexibility index (Phi) is 6.43. The van der Waals surface area contributed by atoms with Crippen LogP contribution in [0.15, 0.2) is 54.6 Å². The largest absolute Gasteiger partial charge is 0.438 e. The first-order chi connectivity index (χ1) is 14.2. The molecule has 0 spiro atoms. The lowest BCUT2D eigenvalue weighted by molar-refractivity contribution is -0.0960. The number of hydrogen-bond donors (Lipinski definition) is 3. The molecule has 0 saturated carbocycles. The average Bonchev–Trinajstić information content (AvgIpc) is 2.72. The van der Waals surface area contributed by atoms with Gasteiger partial charge in [-0.2, -0.15) is 0 Å². The first-order valence-electron chi connectivity index (χ1n) is 10.1. The maximum absolute atomic E-state index is 12.8. The van der Waals surface area contributed by atoms with Gasteiger partial charge in [-0.05, 0) is 43.5 Å². The number of cyclic esters (lactones) is 1. The summed E-state index contributed by atoms with van der Waals surface area (Å²) in [4.78, 5) is 26.0. The fourth-order valence-corrected chi connectivity index (χ4v) is 3.93. The Morgan fingerprint density at radius 2 is 1.87 bits per heavy atom. The van der Waals surface area contributed by atoms with Crippen LogP contribution >= 0.6 is 0 Å². The molecule has 4 N–H and O–H groups in total. The molecular formula is C23H29N3O4. The van der Waals surface area contributed by atoms with E-state index in [9.17, 15) is 14.7 Å². The van der Waals surface area contributed by atoms with Gasteiger partial charge in [-0.3, -0.25) is 10.2 Å². The second-order valence-corrected chi connectivity index (χ2v) is 8.37. The third-order valence-electron chi connectivity index (χ3n) is 5.36. The number of carbonyl (C=O) groups is 2. The van der Waals surface area contributed by atoms with E-state index < -0.39 is 11.2 Å². The van der Waals surface area contributed by atoms with Crippen molar-refractivity contribution in [1.29, 1.82) is 0 Å². The summed E-state index contributed by atoms with van der Waals surface area (Å²) in [5.74, 6) is 4.80. The molecule has 7 heteroatoms. The zero-order valence-electron chi connectivity index (χ0n) is 17.4. The summed E-state index contributed by atoms with van der Waals surface area (Å²) >= 11 is 0. The summed E-state index contributed by atoms with van der Waals surface area (Å²) in [7, 11) is 0. The lowest BCUT2D eigenvalue weighted by atomic mass is 9.80. The Morgan fingerprint density at radius 1 is 1.20 bits per heavy atom. The van der Waals surface area contributed by atoms with Crippen molar-refractivity contribution in [2.45, 2.75) is 44.3 Å². The van der Waals surface area contributed by atoms with Crippen LogP contribution in [-0.4, -0.2) is 40.7 Å². The lowest BCUT2D eigenvalue weighted by Crippen LogP contribution is -2.51. The molecule has 1 fully saturated rings. The first-order valence-corrected chi connectivity index (χ1v) is 10.1. The molecule has 0 unspecified atom stereocenters. The Labute approximate surface area is 176 Å². The van der Waals surface area contributed by atoms with E-state index in [0.717, 1.165) is 11.1 Å². The summed E-state index contributed by atoms with van der Waals surface area (Å²) in [5.41, 5.74) is 2.67. The van der Waals surface area contributed by atoms with E-state index in [2.05, 4.69) is 5.43 Å². The first kappa shape index (κ1) is 21.8. The molecule has 2 amide bonds. The minimum atomic E-state index is -0.976. The highest BCUT2D eigenvalue weighted by atomic mass is 16.6. The van der Waals surface area contributed by atoms with Gasteiger partial charge in [0.05, 0.1) is 5.60 Å². The normalized spacial score (nSPS) is 19.3. The van der Waals surface area contributed by atoms with Gasteiger partial charge in [0.2, 0.25) is 0 Å². The van der Waals surface area contributed by atoms with E-state index in [-0.39, 0.29) is 12.0 Å². The van der Waals surface area contributed by atoms with Gasteiger partial charge in [0.1, 0.15) is 5.60 Å². The summed E-state index contributed by atoms with van der Waals surface area (Å²) < 4.78 is 5.96. The molecule has 0 bridgehead atoms. The van der Waals surface area contributed by atoms with Crippen LogP contribution in [-0.2, 0) is 16.8 Å². The predicted molar refractivity (Wildman–Crippen MR) is 114 cm³/mol. The number of benzene rings is 2. The Hall–Kier alpha value is -2.90. The summed E-state index contributed by atoms with van der Waals surface area (Å²) in [6.07, 6.45) is 1.19. The van der Waals surface area contributed by atoms with E-state index in [1.165, 1.54) is 0 Å². The predicted octanol–water partition coefficient (Wildman–Crippen LogP) is 2.73. The monoisotopic (exact) mass is 411 g/mol. The molecule has 0 aliphatic carbocycles. The second kappa shape index (κ2) is 8.85. The summed E-state index contributed by atoms with van der Waals surface area (Å²) in [6, 6.07) is 16.7. The molecule has 7 nitrogen and oxygen atoms in total. The topological polar surface area (TPSA) is 105 Å². The van der Waals surface area contributed by atoms with E-state index in [0.29, 0.717) is 37.9 Å². The molecule has 1 atom stereocenters. The number of rotatable bonds is 7. The third kappa shape index (κ3) is 5.17. The van der Waals surface area contributed by atoms with Gasteiger partial charge in [0.15, 0.2) is 0 Å². The summed E-state index contributed by atoms with van der Waals surface area (Å²) in [6.45, 7) is 4.51. The standard InChI is InChI=1S/C23H29N3O4/c1-22(2,29)16-23(19-6-4-3-5-7-19)13-15-26(21(28)30-23)14-12-17-8-10-18(11-9-17)20(27)25-24/h3-11,29H,12-16,24H2,1-2H3,(H,25,27)/t23-/m0/s1. The SMILES string of the molecule is CC(C)(O)C[C@]1(c2ccccc2)CCN(CCc2ccc(C(=O)NN)cc2)C(=O)O1. The number of aliphatic hydroxyl groups is 1. The van der Waals surface area contributed by atoms with Crippen LogP contribution in [0.3, 0.4) is 0 Å². The number of nitrogens with one attached hydrogen (secondary N) is 1. The van der Waals surface area contributed by atoms with E-state index in [1.807, 2.05) is 42.5 Å². The number of nitrogen functional groups attached to an aromatic ring is 1. The minimum Gasteiger partial charge on any atom is -0.438 e. The number of carbonyl (C=O) groups excluding carboxylic acids is 2. The molecule has 2 aromatic carbocycles. The zero-order valence-corrected chi connectivity index (χ0v) is 17.4. The number of ether oxygens (including phenoxy) is 1. The molecular weight excluding hydrogens is 382 g/mol. The van der Waals surface area contributed by atoms with E-state index in [4.69, 9.17) is 10.6 Å². The highest BCUT2D eigenvalue weighted by Crippen LogP contribution is 2.40. The van der Waals surface area contributed by atoms with Crippen molar-refractivity contribution >= 4 is 12.0 Å². The van der Waals surface area contributed by atoms with Crippen LogP contribution in [0.4, 0.5) is 4.79 Å². The van der Waals surface area contributed by atoms with Crippen LogP contribution in [0.25, 0.3) is 0 Å². The van der Waals surface area contributed by atoms with Gasteiger partial charge in [0, 0.05) is 31.5 Å². The van der Waals surface area contributed by atoms with Crippen molar-refractivity contribution < 1.29 is 19.4 Å². The lowest BCUT2D eigenvalue weighted by Gasteiger charge is -2.44. The number of amides is 2. The van der Waals surface area contributed by atoms with E-state index in [1.54, 1.807) is 30.9 Å². The third-order valence-corrected chi connectivity index (χ3v) is 5.36. The van der Waals surface area contributed by atoms with Crippen LogP contribution in [0.2, 0.25) is 0 Å². The number of hydrazine groups is 1. The van der Waals surface area contributed by atoms with Crippen LogP contribution in [0, 0.1) is 0 Å². The molecule has 1 heterocycles. The summed E-state index contributed by atoms with van der Waals surface area (Å²) in [5, 5.41) is 10.4. The maximum Gasteiger partial charge on any atom is 0.410 e. The van der Waals surface area contributed by atoms with Gasteiger partial charge in [-0.15, -0.1) is 0 Å². The smallest absolute Gasteiger partial charge is 0.410 e. The molecule has 30 heavy (non-hydrogen) atoms. The molecule has 0 aromatic heterocycles. The quantitative estimate of drug-likeness (QED) is 0.369. The highest BCUT2D eigenvalue weighted by molar-refractivity contribution is 5.93. The molecule has 3 rings (SSSR count). The molecule has 2 aromatic rings. The van der Waals surface area contributed by atoms with Crippen molar-refractivity contribution in [3.8, 4) is 0 Å². The van der Waals surface area contributed by atoms with Crippen LogP contribution < -0.4 is 11.3 Å². The van der Waals surface area contributed by atoms with Crippen molar-refractivity contribution in [2.75, 3.05) is 13.1 Å². The second-order valence-electron chi connectivity index (χ2n) is 8.37. The van der Waals surface area contributed by atoms with Gasteiger partial charge in [-0.1, -0.05) is 42.5 Å². The van der Waals surface area contributed by atoms with E-state index >= 15 is 0 Å².